The molecule has 0 saturated heterocycles. The Morgan fingerprint density at radius 3 is 3.00 bits per heavy atom. The Labute approximate surface area is 124 Å². The van der Waals surface area contributed by atoms with Crippen LogP contribution in [0.15, 0.2) is 17.5 Å². The Kier molecular flexibility index (Phi) is 5.86. The number of rotatable bonds is 5. The lowest BCUT2D eigenvalue weighted by Crippen LogP contribution is -2.49. The van der Waals surface area contributed by atoms with Gasteiger partial charge in [0, 0.05) is 11.4 Å². The molecule has 1 aliphatic carbocycles. The van der Waals surface area contributed by atoms with Crippen LogP contribution in [0.3, 0.4) is 0 Å². The van der Waals surface area contributed by atoms with Crippen molar-refractivity contribution in [3.05, 3.63) is 22.4 Å². The van der Waals surface area contributed by atoms with Gasteiger partial charge in [0.2, 0.25) is 0 Å². The normalized spacial score (nSPS) is 24.1. The molecule has 5 heteroatoms. The lowest BCUT2D eigenvalue weighted by atomic mass is 9.93. The number of aliphatic hydroxyl groups excluding tert-OH is 1. The fourth-order valence-electron chi connectivity index (χ4n) is 2.61. The minimum atomic E-state index is -0.391. The van der Waals surface area contributed by atoms with Gasteiger partial charge >= 0.3 is 6.03 Å². The summed E-state index contributed by atoms with van der Waals surface area (Å²) in [6, 6.07) is 3.93. The number of amides is 2. The van der Waals surface area contributed by atoms with Gasteiger partial charge in [0.15, 0.2) is 0 Å². The first-order chi connectivity index (χ1) is 9.65. The summed E-state index contributed by atoms with van der Waals surface area (Å²) in [6.07, 6.45) is 4.40. The number of hydrogen-bond donors (Lipinski definition) is 3. The average molecular weight is 296 g/mol. The molecule has 0 radical (unpaired) electrons. The number of aliphatic hydroxyl groups is 1. The van der Waals surface area contributed by atoms with Gasteiger partial charge in [0.1, 0.15) is 0 Å². The highest BCUT2D eigenvalue weighted by Gasteiger charge is 2.24. The molecule has 0 aromatic carbocycles. The van der Waals surface area contributed by atoms with Crippen LogP contribution >= 0.6 is 11.3 Å². The highest BCUT2D eigenvalue weighted by atomic mass is 32.1. The molecule has 1 heterocycles. The van der Waals surface area contributed by atoms with Crippen LogP contribution in [-0.4, -0.2) is 29.8 Å². The number of hydrogen-bond acceptors (Lipinski definition) is 3. The molecule has 4 nitrogen and oxygen atoms in total. The number of carbonyl (C=O) groups excluding carboxylic acids is 1. The molecule has 3 atom stereocenters. The maximum absolute atomic E-state index is 11.8. The van der Waals surface area contributed by atoms with Gasteiger partial charge in [-0.2, -0.15) is 0 Å². The molecule has 1 aliphatic rings. The van der Waals surface area contributed by atoms with Crippen LogP contribution in [0.25, 0.3) is 0 Å². The molecular weight excluding hydrogens is 272 g/mol. The fraction of sp³-hybridized carbons (Fsp3) is 0.667. The predicted molar refractivity (Wildman–Crippen MR) is 82.0 cm³/mol. The van der Waals surface area contributed by atoms with Crippen LogP contribution < -0.4 is 10.6 Å². The highest BCUT2D eigenvalue weighted by molar-refractivity contribution is 7.09. The van der Waals surface area contributed by atoms with E-state index in [0.717, 1.165) is 32.1 Å². The van der Waals surface area contributed by atoms with Crippen LogP contribution in [0.5, 0.6) is 0 Å². The van der Waals surface area contributed by atoms with Gasteiger partial charge in [0.25, 0.3) is 0 Å². The number of urea groups is 1. The average Bonchev–Trinajstić information content (AvgIpc) is 2.92. The largest absolute Gasteiger partial charge is 0.391 e. The van der Waals surface area contributed by atoms with Gasteiger partial charge in [-0.1, -0.05) is 25.8 Å². The third-order valence-corrected chi connectivity index (χ3v) is 4.69. The molecule has 112 valence electrons. The quantitative estimate of drug-likeness (QED) is 0.782. The van der Waals surface area contributed by atoms with Crippen molar-refractivity contribution in [1.82, 2.24) is 10.6 Å². The van der Waals surface area contributed by atoms with Crippen molar-refractivity contribution in [1.29, 1.82) is 0 Å². The molecule has 20 heavy (non-hydrogen) atoms. The third-order valence-electron chi connectivity index (χ3n) is 3.79. The van der Waals surface area contributed by atoms with Crippen LogP contribution in [0.2, 0.25) is 0 Å². The van der Waals surface area contributed by atoms with E-state index in [1.165, 1.54) is 4.88 Å². The summed E-state index contributed by atoms with van der Waals surface area (Å²) in [4.78, 5) is 13.2. The van der Waals surface area contributed by atoms with Gasteiger partial charge in [0.05, 0.1) is 12.1 Å². The van der Waals surface area contributed by atoms with E-state index in [4.69, 9.17) is 0 Å². The number of nitrogens with one attached hydrogen (secondary N) is 2. The van der Waals surface area contributed by atoms with Crippen molar-refractivity contribution in [3.8, 4) is 0 Å². The van der Waals surface area contributed by atoms with Crippen molar-refractivity contribution in [3.63, 3.8) is 0 Å². The van der Waals surface area contributed by atoms with Crippen molar-refractivity contribution < 1.29 is 9.90 Å². The van der Waals surface area contributed by atoms with Crippen molar-refractivity contribution in [2.75, 3.05) is 6.54 Å². The van der Waals surface area contributed by atoms with Crippen LogP contribution in [0, 0.1) is 5.92 Å². The molecule has 3 N–H and O–H groups in total. The monoisotopic (exact) mass is 296 g/mol. The van der Waals surface area contributed by atoms with Crippen LogP contribution in [-0.2, 0) is 6.42 Å². The van der Waals surface area contributed by atoms with E-state index in [2.05, 4.69) is 35.1 Å². The Morgan fingerprint density at radius 1 is 1.50 bits per heavy atom. The van der Waals surface area contributed by atoms with E-state index in [-0.39, 0.29) is 12.1 Å². The van der Waals surface area contributed by atoms with Crippen molar-refractivity contribution in [2.24, 2.45) is 5.92 Å². The lowest BCUT2D eigenvalue weighted by Gasteiger charge is -2.28. The zero-order valence-corrected chi connectivity index (χ0v) is 12.8. The molecule has 2 amide bonds. The summed E-state index contributed by atoms with van der Waals surface area (Å²) < 4.78 is 0. The SMILES string of the molecule is C[C@H](CNC(=O)N[C@H]1CCCC[C@H]1O)Cc1cccs1. The first kappa shape index (κ1) is 15.3. The topological polar surface area (TPSA) is 61.4 Å². The summed E-state index contributed by atoms with van der Waals surface area (Å²) >= 11 is 1.75. The number of thiophene rings is 1. The van der Waals surface area contributed by atoms with Crippen LogP contribution in [0.1, 0.15) is 37.5 Å². The lowest BCUT2D eigenvalue weighted by molar-refractivity contribution is 0.0942. The van der Waals surface area contributed by atoms with E-state index >= 15 is 0 Å². The fourth-order valence-corrected chi connectivity index (χ4v) is 3.48. The molecule has 0 spiro atoms. The number of carbonyl (C=O) groups is 1. The summed E-state index contributed by atoms with van der Waals surface area (Å²) in [5.74, 6) is 0.413. The minimum absolute atomic E-state index is 0.0867. The van der Waals surface area contributed by atoms with E-state index in [0.29, 0.717) is 12.5 Å². The maximum atomic E-state index is 11.8. The van der Waals surface area contributed by atoms with Gasteiger partial charge in [-0.15, -0.1) is 11.3 Å². The highest BCUT2D eigenvalue weighted by Crippen LogP contribution is 2.18. The smallest absolute Gasteiger partial charge is 0.315 e. The molecule has 0 unspecified atom stereocenters. The molecule has 1 fully saturated rings. The molecule has 1 saturated carbocycles. The second-order valence-corrected chi connectivity index (χ2v) is 6.73. The zero-order chi connectivity index (χ0) is 14.4. The zero-order valence-electron chi connectivity index (χ0n) is 12.0. The second-order valence-electron chi connectivity index (χ2n) is 5.70. The van der Waals surface area contributed by atoms with Crippen molar-refractivity contribution in [2.45, 2.75) is 51.2 Å². The Hall–Kier alpha value is -1.07. The van der Waals surface area contributed by atoms with Gasteiger partial charge in [-0.25, -0.2) is 4.79 Å². The van der Waals surface area contributed by atoms with Crippen LogP contribution in [0.4, 0.5) is 4.79 Å². The van der Waals surface area contributed by atoms with Gasteiger partial charge in [-0.3, -0.25) is 0 Å². The molecule has 1 aromatic rings. The van der Waals surface area contributed by atoms with E-state index in [1.54, 1.807) is 11.3 Å². The van der Waals surface area contributed by atoms with E-state index in [1.807, 2.05) is 0 Å². The third kappa shape index (κ3) is 4.80. The first-order valence-corrected chi connectivity index (χ1v) is 8.28. The predicted octanol–water partition coefficient (Wildman–Crippen LogP) is 2.53. The first-order valence-electron chi connectivity index (χ1n) is 7.40. The van der Waals surface area contributed by atoms with Crippen molar-refractivity contribution >= 4 is 17.4 Å². The van der Waals surface area contributed by atoms with E-state index < -0.39 is 6.10 Å². The molecule has 0 aliphatic heterocycles. The standard InChI is InChI=1S/C15H24N2O2S/c1-11(9-12-5-4-8-20-12)10-16-15(19)17-13-6-2-3-7-14(13)18/h4-5,8,11,13-14,18H,2-3,6-7,9-10H2,1H3,(H2,16,17,19)/t11-,13-,14+/m0/s1. The molecule has 2 rings (SSSR count). The Morgan fingerprint density at radius 2 is 2.30 bits per heavy atom. The second kappa shape index (κ2) is 7.64. The summed E-state index contributed by atoms with van der Waals surface area (Å²) in [5, 5.41) is 17.7. The molecular formula is C15H24N2O2S. The minimum Gasteiger partial charge on any atom is -0.391 e. The van der Waals surface area contributed by atoms with Gasteiger partial charge < -0.3 is 15.7 Å². The summed E-state index contributed by atoms with van der Waals surface area (Å²) in [5.41, 5.74) is 0. The molecule has 0 bridgehead atoms. The summed E-state index contributed by atoms with van der Waals surface area (Å²) in [6.45, 7) is 2.79. The molecule has 1 aromatic heterocycles. The Bertz CT molecular complexity index is 408. The van der Waals surface area contributed by atoms with E-state index in [9.17, 15) is 9.90 Å². The maximum Gasteiger partial charge on any atom is 0.315 e. The van der Waals surface area contributed by atoms with Gasteiger partial charge in [-0.05, 0) is 36.6 Å². The summed E-state index contributed by atoms with van der Waals surface area (Å²) in [7, 11) is 0. The Balaban J connectivity index is 1.66.